The van der Waals surface area contributed by atoms with E-state index in [2.05, 4.69) is 20.3 Å². The van der Waals surface area contributed by atoms with Crippen molar-refractivity contribution in [3.8, 4) is 17.0 Å². The number of aliphatic hydroxyl groups excluding tert-OH is 1. The molecule has 3 heterocycles. The van der Waals surface area contributed by atoms with E-state index in [0.717, 1.165) is 11.1 Å². The molecule has 0 radical (unpaired) electrons. The van der Waals surface area contributed by atoms with Crippen molar-refractivity contribution in [1.82, 2.24) is 20.3 Å². The summed E-state index contributed by atoms with van der Waals surface area (Å²) in [6.07, 6.45) is 1.70. The highest BCUT2D eigenvalue weighted by molar-refractivity contribution is 5.91. The number of anilines is 1. The van der Waals surface area contributed by atoms with Gasteiger partial charge in [-0.3, -0.25) is 4.79 Å². The van der Waals surface area contributed by atoms with E-state index in [1.807, 2.05) is 37.3 Å². The van der Waals surface area contributed by atoms with Crippen LogP contribution >= 0.6 is 0 Å². The zero-order chi connectivity index (χ0) is 21.3. The van der Waals surface area contributed by atoms with Crippen LogP contribution in [0.15, 0.2) is 54.9 Å². The standard InChI is InChI=1S/C22H23N5O3/c1-13-12-24-19(25-17(13)15-8-5-4-6-9-15)21(28)26-18-14(2)30-16-10-7-11-23-20(16)27(3)22(18)29/h4-12,14,18,22,29H,1-3H3,(H,26,28). The molecule has 0 aliphatic carbocycles. The van der Waals surface area contributed by atoms with Crippen LogP contribution in [0.4, 0.5) is 5.82 Å². The highest BCUT2D eigenvalue weighted by Crippen LogP contribution is 2.31. The van der Waals surface area contributed by atoms with Crippen molar-refractivity contribution in [3.05, 3.63) is 66.2 Å². The summed E-state index contributed by atoms with van der Waals surface area (Å²) in [6, 6.07) is 12.4. The summed E-state index contributed by atoms with van der Waals surface area (Å²) in [5.41, 5.74) is 2.46. The van der Waals surface area contributed by atoms with E-state index in [9.17, 15) is 9.90 Å². The van der Waals surface area contributed by atoms with Crippen molar-refractivity contribution < 1.29 is 14.6 Å². The zero-order valence-electron chi connectivity index (χ0n) is 17.0. The van der Waals surface area contributed by atoms with E-state index in [0.29, 0.717) is 17.3 Å². The Labute approximate surface area is 174 Å². The quantitative estimate of drug-likeness (QED) is 0.689. The third-order valence-electron chi connectivity index (χ3n) is 5.14. The molecule has 0 saturated heterocycles. The van der Waals surface area contributed by atoms with Crippen molar-refractivity contribution in [2.24, 2.45) is 0 Å². The number of hydrogen-bond donors (Lipinski definition) is 2. The van der Waals surface area contributed by atoms with Gasteiger partial charge in [0.05, 0.1) is 5.69 Å². The maximum Gasteiger partial charge on any atom is 0.289 e. The summed E-state index contributed by atoms with van der Waals surface area (Å²) in [5.74, 6) is 0.591. The number of amides is 1. The third kappa shape index (κ3) is 3.69. The summed E-state index contributed by atoms with van der Waals surface area (Å²) in [5, 5.41) is 13.7. The molecule has 4 rings (SSSR count). The van der Waals surface area contributed by atoms with E-state index >= 15 is 0 Å². The van der Waals surface area contributed by atoms with Gasteiger partial charge in [-0.25, -0.2) is 15.0 Å². The molecule has 0 fully saturated rings. The molecular formula is C22H23N5O3. The second-order valence-corrected chi connectivity index (χ2v) is 7.26. The second kappa shape index (κ2) is 8.08. The first-order valence-corrected chi connectivity index (χ1v) is 9.68. The lowest BCUT2D eigenvalue weighted by Gasteiger charge is -2.30. The van der Waals surface area contributed by atoms with Crippen LogP contribution in [-0.4, -0.2) is 51.4 Å². The van der Waals surface area contributed by atoms with Crippen molar-refractivity contribution in [2.75, 3.05) is 11.9 Å². The first kappa shape index (κ1) is 19.8. The molecule has 3 aromatic rings. The Morgan fingerprint density at radius 3 is 2.70 bits per heavy atom. The van der Waals surface area contributed by atoms with Gasteiger partial charge in [-0.1, -0.05) is 30.3 Å². The van der Waals surface area contributed by atoms with Crippen molar-refractivity contribution >= 4 is 11.7 Å². The van der Waals surface area contributed by atoms with E-state index in [4.69, 9.17) is 4.74 Å². The molecule has 3 atom stereocenters. The minimum atomic E-state index is -1.04. The summed E-state index contributed by atoms with van der Waals surface area (Å²) in [4.78, 5) is 27.5. The number of rotatable bonds is 3. The Morgan fingerprint density at radius 1 is 1.17 bits per heavy atom. The summed E-state index contributed by atoms with van der Waals surface area (Å²) in [6.45, 7) is 3.68. The Morgan fingerprint density at radius 2 is 1.93 bits per heavy atom. The molecule has 1 amide bonds. The molecule has 1 aliphatic rings. The molecular weight excluding hydrogens is 382 g/mol. The lowest BCUT2D eigenvalue weighted by Crippen LogP contribution is -2.56. The van der Waals surface area contributed by atoms with Crippen molar-refractivity contribution in [2.45, 2.75) is 32.2 Å². The number of carbonyl (C=O) groups excluding carboxylic acids is 1. The minimum absolute atomic E-state index is 0.0291. The molecule has 3 unspecified atom stereocenters. The molecule has 1 aliphatic heterocycles. The van der Waals surface area contributed by atoms with Crippen molar-refractivity contribution in [1.29, 1.82) is 0 Å². The van der Waals surface area contributed by atoms with Gasteiger partial charge in [-0.15, -0.1) is 0 Å². The number of likely N-dealkylation sites (N-methyl/N-ethyl adjacent to an activating group) is 1. The molecule has 8 nitrogen and oxygen atoms in total. The van der Waals surface area contributed by atoms with Crippen LogP contribution in [0.25, 0.3) is 11.3 Å². The van der Waals surface area contributed by atoms with E-state index < -0.39 is 24.3 Å². The maximum absolute atomic E-state index is 13.0. The predicted molar refractivity (Wildman–Crippen MR) is 112 cm³/mol. The second-order valence-electron chi connectivity index (χ2n) is 7.26. The lowest BCUT2D eigenvalue weighted by molar-refractivity contribution is 0.0580. The third-order valence-corrected chi connectivity index (χ3v) is 5.14. The van der Waals surface area contributed by atoms with Gasteiger partial charge in [0.15, 0.2) is 17.8 Å². The van der Waals surface area contributed by atoms with Gasteiger partial charge in [0, 0.05) is 25.0 Å². The van der Waals surface area contributed by atoms with Crippen LogP contribution in [0.3, 0.4) is 0 Å². The predicted octanol–water partition coefficient (Wildman–Crippen LogP) is 2.18. The molecule has 0 spiro atoms. The van der Waals surface area contributed by atoms with Crippen LogP contribution in [0.2, 0.25) is 0 Å². The minimum Gasteiger partial charge on any atom is -0.485 e. The number of nitrogens with one attached hydrogen (secondary N) is 1. The Bertz CT molecular complexity index is 1060. The van der Waals surface area contributed by atoms with Crippen LogP contribution in [-0.2, 0) is 0 Å². The smallest absolute Gasteiger partial charge is 0.289 e. The molecule has 154 valence electrons. The van der Waals surface area contributed by atoms with Crippen LogP contribution in [0.5, 0.6) is 5.75 Å². The normalized spacial score (nSPS) is 20.7. The van der Waals surface area contributed by atoms with E-state index in [-0.39, 0.29) is 5.82 Å². The van der Waals surface area contributed by atoms with E-state index in [1.165, 1.54) is 0 Å². The van der Waals surface area contributed by atoms with Gasteiger partial charge >= 0.3 is 0 Å². The number of hydrogen-bond acceptors (Lipinski definition) is 7. The highest BCUT2D eigenvalue weighted by Gasteiger charge is 2.37. The summed E-state index contributed by atoms with van der Waals surface area (Å²) >= 11 is 0. The van der Waals surface area contributed by atoms with Gasteiger partial charge in [0.2, 0.25) is 5.82 Å². The monoisotopic (exact) mass is 405 g/mol. The van der Waals surface area contributed by atoms with Gasteiger partial charge in [-0.05, 0) is 31.5 Å². The topological polar surface area (TPSA) is 100 Å². The largest absolute Gasteiger partial charge is 0.485 e. The molecule has 0 bridgehead atoms. The van der Waals surface area contributed by atoms with E-state index in [1.54, 1.807) is 43.4 Å². The molecule has 1 aromatic carbocycles. The summed E-state index contributed by atoms with van der Waals surface area (Å²) in [7, 11) is 1.70. The van der Waals surface area contributed by atoms with Gasteiger partial charge in [0.1, 0.15) is 12.1 Å². The average Bonchev–Trinajstić information content (AvgIpc) is 2.85. The molecule has 0 saturated carbocycles. The maximum atomic E-state index is 13.0. The number of fused-ring (bicyclic) bond motifs is 1. The number of nitrogens with zero attached hydrogens (tertiary/aromatic N) is 4. The highest BCUT2D eigenvalue weighted by atomic mass is 16.5. The number of ether oxygens (including phenoxy) is 1. The molecule has 2 aromatic heterocycles. The SMILES string of the molecule is Cc1cnc(C(=O)NC2C(C)Oc3cccnc3N(C)C2O)nc1-c1ccccc1. The fraction of sp³-hybridized carbons (Fsp3) is 0.273. The first-order valence-electron chi connectivity index (χ1n) is 9.68. The number of aryl methyl sites for hydroxylation is 1. The fourth-order valence-corrected chi connectivity index (χ4v) is 3.47. The van der Waals surface area contributed by atoms with Crippen molar-refractivity contribution in [3.63, 3.8) is 0 Å². The number of aliphatic hydroxyl groups is 1. The molecule has 30 heavy (non-hydrogen) atoms. The first-order chi connectivity index (χ1) is 14.5. The number of benzene rings is 1. The van der Waals surface area contributed by atoms with Crippen LogP contribution < -0.4 is 15.0 Å². The number of aromatic nitrogens is 3. The number of pyridine rings is 1. The summed E-state index contributed by atoms with van der Waals surface area (Å²) < 4.78 is 5.94. The van der Waals surface area contributed by atoms with Crippen LogP contribution in [0.1, 0.15) is 23.1 Å². The molecule has 2 N–H and O–H groups in total. The van der Waals surface area contributed by atoms with Gasteiger partial charge < -0.3 is 20.1 Å². The Balaban J connectivity index is 1.60. The Hall–Kier alpha value is -3.52. The molecule has 8 heteroatoms. The number of carbonyl (C=O) groups is 1. The zero-order valence-corrected chi connectivity index (χ0v) is 17.0. The fourth-order valence-electron chi connectivity index (χ4n) is 3.47. The van der Waals surface area contributed by atoms with Gasteiger partial charge in [-0.2, -0.15) is 0 Å². The van der Waals surface area contributed by atoms with Gasteiger partial charge in [0.25, 0.3) is 5.91 Å². The average molecular weight is 405 g/mol. The lowest BCUT2D eigenvalue weighted by atomic mass is 10.1. The Kier molecular flexibility index (Phi) is 5.33. The van der Waals surface area contributed by atoms with Crippen LogP contribution in [0, 0.1) is 6.92 Å².